The number of hydrogen-bond acceptors (Lipinski definition) is 3. The van der Waals surface area contributed by atoms with Crippen LogP contribution in [0, 0.1) is 5.92 Å². The molecular weight excluding hydrogens is 340 g/mol. The number of aromatic nitrogens is 1. The molecule has 27 heavy (non-hydrogen) atoms. The third-order valence-corrected chi connectivity index (χ3v) is 6.31. The Labute approximate surface area is 161 Å². The molecule has 146 valence electrons. The fraction of sp³-hybridized carbons (Fsp3) is 0.667. The number of carbonyl (C=O) groups excluding carboxylic acids is 2. The summed E-state index contributed by atoms with van der Waals surface area (Å²) in [6, 6.07) is 4.16. The van der Waals surface area contributed by atoms with Gasteiger partial charge in [0.15, 0.2) is 0 Å². The maximum atomic E-state index is 12.8. The largest absolute Gasteiger partial charge is 0.326 e. The molecule has 3 amide bonds. The molecule has 1 aromatic heterocycles. The predicted octanol–water partition coefficient (Wildman–Crippen LogP) is 4.18. The molecule has 1 aliphatic heterocycles. The molecule has 0 unspecified atom stereocenters. The van der Waals surface area contributed by atoms with Gasteiger partial charge in [-0.2, -0.15) is 0 Å². The highest BCUT2D eigenvalue weighted by atomic mass is 16.2. The summed E-state index contributed by atoms with van der Waals surface area (Å²) in [4.78, 5) is 33.2. The molecule has 2 saturated carbocycles. The van der Waals surface area contributed by atoms with E-state index in [2.05, 4.69) is 10.3 Å². The van der Waals surface area contributed by atoms with E-state index in [4.69, 9.17) is 0 Å². The lowest BCUT2D eigenvalue weighted by Crippen LogP contribution is -2.40. The Kier molecular flexibility index (Phi) is 5.60. The van der Waals surface area contributed by atoms with Crippen molar-refractivity contribution in [3.63, 3.8) is 0 Å². The number of rotatable bonds is 5. The van der Waals surface area contributed by atoms with Crippen LogP contribution in [0.25, 0.3) is 0 Å². The minimum atomic E-state index is 0.0668. The first-order valence-corrected chi connectivity index (χ1v) is 10.5. The van der Waals surface area contributed by atoms with E-state index >= 15 is 0 Å². The van der Waals surface area contributed by atoms with E-state index in [0.717, 1.165) is 19.4 Å². The maximum absolute atomic E-state index is 12.8. The van der Waals surface area contributed by atoms with Gasteiger partial charge in [0, 0.05) is 25.6 Å². The lowest BCUT2D eigenvalue weighted by molar-refractivity contribution is -0.117. The van der Waals surface area contributed by atoms with E-state index in [-0.39, 0.29) is 11.9 Å². The van der Waals surface area contributed by atoms with E-state index in [1.807, 2.05) is 17.0 Å². The molecule has 0 bridgehead atoms. The number of anilines is 2. The van der Waals surface area contributed by atoms with Crippen LogP contribution in [0.15, 0.2) is 18.3 Å². The topological polar surface area (TPSA) is 65.5 Å². The average molecular weight is 370 g/mol. The molecular formula is C21H30N4O2. The number of pyridine rings is 1. The van der Waals surface area contributed by atoms with Crippen LogP contribution >= 0.6 is 0 Å². The summed E-state index contributed by atoms with van der Waals surface area (Å²) in [7, 11) is 0. The zero-order valence-corrected chi connectivity index (χ0v) is 16.0. The molecule has 0 atom stereocenters. The van der Waals surface area contributed by atoms with Gasteiger partial charge in [-0.25, -0.2) is 9.78 Å². The van der Waals surface area contributed by atoms with Crippen molar-refractivity contribution in [2.75, 3.05) is 23.3 Å². The summed E-state index contributed by atoms with van der Waals surface area (Å²) in [6.07, 6.45) is 13.1. The lowest BCUT2D eigenvalue weighted by Gasteiger charge is -2.30. The van der Waals surface area contributed by atoms with Crippen LogP contribution in [-0.4, -0.2) is 41.0 Å². The summed E-state index contributed by atoms with van der Waals surface area (Å²) < 4.78 is 0. The van der Waals surface area contributed by atoms with Crippen molar-refractivity contribution in [3.05, 3.63) is 18.3 Å². The van der Waals surface area contributed by atoms with Crippen molar-refractivity contribution < 1.29 is 9.59 Å². The van der Waals surface area contributed by atoms with Gasteiger partial charge in [0.2, 0.25) is 5.91 Å². The van der Waals surface area contributed by atoms with Gasteiger partial charge in [0.25, 0.3) is 0 Å². The average Bonchev–Trinajstić information content (AvgIpc) is 3.33. The first-order chi connectivity index (χ1) is 13.2. The van der Waals surface area contributed by atoms with Gasteiger partial charge < -0.3 is 10.2 Å². The fourth-order valence-corrected chi connectivity index (χ4v) is 4.81. The Morgan fingerprint density at radius 1 is 1.04 bits per heavy atom. The summed E-state index contributed by atoms with van der Waals surface area (Å²) in [5.74, 6) is 1.27. The first-order valence-electron chi connectivity index (χ1n) is 10.5. The van der Waals surface area contributed by atoms with Crippen molar-refractivity contribution in [1.29, 1.82) is 0 Å². The molecule has 3 aliphatic rings. The number of nitrogens with zero attached hydrogens (tertiary/aromatic N) is 3. The number of urea groups is 1. The van der Waals surface area contributed by atoms with Crippen LogP contribution in [0.5, 0.6) is 0 Å². The molecule has 4 rings (SSSR count). The van der Waals surface area contributed by atoms with Crippen LogP contribution in [0.3, 0.4) is 0 Å². The highest BCUT2D eigenvalue weighted by Crippen LogP contribution is 2.29. The fourth-order valence-electron chi connectivity index (χ4n) is 4.81. The van der Waals surface area contributed by atoms with Crippen molar-refractivity contribution >= 4 is 23.4 Å². The van der Waals surface area contributed by atoms with Gasteiger partial charge >= 0.3 is 6.03 Å². The molecule has 2 aliphatic carbocycles. The Bertz CT molecular complexity index is 663. The Balaban J connectivity index is 1.33. The van der Waals surface area contributed by atoms with E-state index in [1.54, 1.807) is 11.1 Å². The molecule has 0 radical (unpaired) electrons. The molecule has 1 saturated heterocycles. The molecule has 6 heteroatoms. The zero-order valence-electron chi connectivity index (χ0n) is 16.0. The van der Waals surface area contributed by atoms with Crippen LogP contribution < -0.4 is 10.2 Å². The Hall–Kier alpha value is -2.11. The SMILES string of the molecule is O=C(CC1CCCC1)Nc1ccc(N2CCN(C3CCCCC3)C2=O)nc1. The lowest BCUT2D eigenvalue weighted by atomic mass is 9.94. The van der Waals surface area contributed by atoms with Crippen LogP contribution in [0.4, 0.5) is 16.3 Å². The number of hydrogen-bond donors (Lipinski definition) is 1. The summed E-state index contributed by atoms with van der Waals surface area (Å²) in [6.45, 7) is 1.47. The first kappa shape index (κ1) is 18.3. The number of amides is 3. The number of carbonyl (C=O) groups is 2. The van der Waals surface area contributed by atoms with Gasteiger partial charge in [0.05, 0.1) is 11.9 Å². The minimum Gasteiger partial charge on any atom is -0.325 e. The molecule has 6 nitrogen and oxygen atoms in total. The molecule has 3 fully saturated rings. The molecule has 0 aromatic carbocycles. The van der Waals surface area contributed by atoms with Crippen molar-refractivity contribution in [2.45, 2.75) is 70.3 Å². The molecule has 2 heterocycles. The summed E-state index contributed by atoms with van der Waals surface area (Å²) >= 11 is 0. The normalized spacial score (nSPS) is 21.9. The Morgan fingerprint density at radius 3 is 2.48 bits per heavy atom. The molecule has 1 aromatic rings. The standard InChI is InChI=1S/C21H30N4O2/c26-20(14-16-6-4-5-7-16)23-17-10-11-19(22-15-17)25-13-12-24(21(25)27)18-8-2-1-3-9-18/h10-11,15-16,18H,1-9,12-14H2,(H,23,26). The second-order valence-electron chi connectivity index (χ2n) is 8.23. The van der Waals surface area contributed by atoms with Gasteiger partial charge in [-0.05, 0) is 43.7 Å². The minimum absolute atomic E-state index is 0.0668. The quantitative estimate of drug-likeness (QED) is 0.846. The summed E-state index contributed by atoms with van der Waals surface area (Å²) in [5, 5.41) is 2.94. The highest BCUT2D eigenvalue weighted by molar-refractivity contribution is 5.94. The van der Waals surface area contributed by atoms with Gasteiger partial charge in [-0.15, -0.1) is 0 Å². The third-order valence-electron chi connectivity index (χ3n) is 6.31. The van der Waals surface area contributed by atoms with Gasteiger partial charge in [-0.3, -0.25) is 9.69 Å². The second-order valence-corrected chi connectivity index (χ2v) is 8.23. The van der Waals surface area contributed by atoms with Crippen molar-refractivity contribution in [2.24, 2.45) is 5.92 Å². The predicted molar refractivity (Wildman–Crippen MR) is 106 cm³/mol. The third kappa shape index (κ3) is 4.25. The van der Waals surface area contributed by atoms with E-state index < -0.39 is 0 Å². The van der Waals surface area contributed by atoms with Crippen LogP contribution in [-0.2, 0) is 4.79 Å². The van der Waals surface area contributed by atoms with Gasteiger partial charge in [0.1, 0.15) is 5.82 Å². The highest BCUT2D eigenvalue weighted by Gasteiger charge is 2.35. The van der Waals surface area contributed by atoms with Gasteiger partial charge in [-0.1, -0.05) is 32.1 Å². The maximum Gasteiger partial charge on any atom is 0.326 e. The van der Waals surface area contributed by atoms with Crippen LogP contribution in [0.1, 0.15) is 64.2 Å². The van der Waals surface area contributed by atoms with Crippen LogP contribution in [0.2, 0.25) is 0 Å². The van der Waals surface area contributed by atoms with E-state index in [1.165, 1.54) is 44.9 Å². The molecule has 1 N–H and O–H groups in total. The number of nitrogens with one attached hydrogen (secondary N) is 1. The van der Waals surface area contributed by atoms with Crippen molar-refractivity contribution in [3.8, 4) is 0 Å². The smallest absolute Gasteiger partial charge is 0.325 e. The Morgan fingerprint density at radius 2 is 1.78 bits per heavy atom. The zero-order chi connectivity index (χ0) is 18.6. The van der Waals surface area contributed by atoms with E-state index in [9.17, 15) is 9.59 Å². The summed E-state index contributed by atoms with van der Waals surface area (Å²) in [5.41, 5.74) is 0.706. The molecule has 0 spiro atoms. The second kappa shape index (κ2) is 8.28. The monoisotopic (exact) mass is 370 g/mol. The van der Waals surface area contributed by atoms with E-state index in [0.29, 0.717) is 36.4 Å². The van der Waals surface area contributed by atoms with Crippen molar-refractivity contribution in [1.82, 2.24) is 9.88 Å².